The molecule has 0 radical (unpaired) electrons. The zero-order valence-corrected chi connectivity index (χ0v) is 8.99. The van der Waals surface area contributed by atoms with Crippen LogP contribution in [0.15, 0.2) is 18.2 Å². The van der Waals surface area contributed by atoms with E-state index in [1.165, 1.54) is 12.8 Å². The molecule has 0 atom stereocenters. The Hall–Kier alpha value is -1.22. The fraction of sp³-hybridized carbons (Fsp3) is 0.500. The van der Waals surface area contributed by atoms with Gasteiger partial charge >= 0.3 is 0 Å². The van der Waals surface area contributed by atoms with Crippen molar-refractivity contribution < 1.29 is 9.84 Å². The molecule has 3 nitrogen and oxygen atoms in total. The third-order valence-electron chi connectivity index (χ3n) is 3.26. The molecule has 0 heterocycles. The number of rotatable bonds is 4. The molecule has 0 amide bonds. The van der Waals surface area contributed by atoms with Gasteiger partial charge in [-0.1, -0.05) is 12.1 Å². The number of phenolic OH excluding ortho intramolecular Hbond substituents is 1. The van der Waals surface area contributed by atoms with Crippen molar-refractivity contribution in [1.29, 1.82) is 0 Å². The van der Waals surface area contributed by atoms with Gasteiger partial charge in [-0.25, -0.2) is 0 Å². The third-order valence-corrected chi connectivity index (χ3v) is 3.26. The monoisotopic (exact) mass is 207 g/mol. The van der Waals surface area contributed by atoms with Gasteiger partial charge in [0.05, 0.1) is 7.11 Å². The summed E-state index contributed by atoms with van der Waals surface area (Å²) in [5, 5.41) is 9.91. The normalized spacial score (nSPS) is 17.5. The molecule has 1 fully saturated rings. The number of methoxy groups -OCH3 is 1. The van der Waals surface area contributed by atoms with Gasteiger partial charge < -0.3 is 15.6 Å². The Morgan fingerprint density at radius 3 is 2.73 bits per heavy atom. The summed E-state index contributed by atoms with van der Waals surface area (Å²) in [6, 6.07) is 5.61. The zero-order valence-electron chi connectivity index (χ0n) is 8.99. The van der Waals surface area contributed by atoms with E-state index < -0.39 is 0 Å². The summed E-state index contributed by atoms with van der Waals surface area (Å²) in [5.41, 5.74) is 6.91. The topological polar surface area (TPSA) is 55.5 Å². The quantitative estimate of drug-likeness (QED) is 0.789. The van der Waals surface area contributed by atoms with Crippen LogP contribution >= 0.6 is 0 Å². The van der Waals surface area contributed by atoms with Crippen LogP contribution in [0.1, 0.15) is 18.4 Å². The van der Waals surface area contributed by atoms with Crippen molar-refractivity contribution in [2.45, 2.75) is 19.3 Å². The lowest BCUT2D eigenvalue weighted by Crippen LogP contribution is -2.17. The van der Waals surface area contributed by atoms with E-state index in [1.807, 2.05) is 12.1 Å². The lowest BCUT2D eigenvalue weighted by atomic mass is 9.96. The van der Waals surface area contributed by atoms with E-state index >= 15 is 0 Å². The molecule has 1 saturated carbocycles. The molecule has 15 heavy (non-hydrogen) atoms. The maximum absolute atomic E-state index is 9.91. The second-order valence-electron chi connectivity index (χ2n) is 4.35. The Morgan fingerprint density at radius 1 is 1.47 bits per heavy atom. The molecule has 2 rings (SSSR count). The number of para-hydroxylation sites is 1. The van der Waals surface area contributed by atoms with Crippen LogP contribution in [0.25, 0.3) is 0 Å². The van der Waals surface area contributed by atoms with Crippen LogP contribution < -0.4 is 10.5 Å². The molecule has 82 valence electrons. The SMILES string of the molecule is COc1cccc(CC2(CN)CC2)c1O. The summed E-state index contributed by atoms with van der Waals surface area (Å²) in [7, 11) is 1.56. The molecule has 3 heteroatoms. The van der Waals surface area contributed by atoms with Crippen LogP contribution in [0.5, 0.6) is 11.5 Å². The molecule has 0 unspecified atom stereocenters. The van der Waals surface area contributed by atoms with Crippen LogP contribution in [-0.2, 0) is 6.42 Å². The van der Waals surface area contributed by atoms with Gasteiger partial charge in [0.15, 0.2) is 11.5 Å². The number of hydrogen-bond acceptors (Lipinski definition) is 3. The van der Waals surface area contributed by atoms with Crippen molar-refractivity contribution in [3.63, 3.8) is 0 Å². The summed E-state index contributed by atoms with van der Waals surface area (Å²) in [5.74, 6) is 0.806. The predicted molar refractivity (Wildman–Crippen MR) is 59.1 cm³/mol. The van der Waals surface area contributed by atoms with E-state index in [4.69, 9.17) is 10.5 Å². The molecule has 1 aromatic carbocycles. The Balaban J connectivity index is 2.21. The molecular weight excluding hydrogens is 190 g/mol. The van der Waals surface area contributed by atoms with E-state index in [-0.39, 0.29) is 11.2 Å². The first-order chi connectivity index (χ1) is 7.21. The Morgan fingerprint density at radius 2 is 2.20 bits per heavy atom. The van der Waals surface area contributed by atoms with Gasteiger partial charge in [-0.05, 0) is 42.9 Å². The molecule has 0 bridgehead atoms. The van der Waals surface area contributed by atoms with Gasteiger partial charge in [-0.3, -0.25) is 0 Å². The molecule has 1 aromatic rings. The predicted octanol–water partition coefficient (Wildman–Crippen LogP) is 1.68. The summed E-state index contributed by atoms with van der Waals surface area (Å²) < 4.78 is 5.07. The van der Waals surface area contributed by atoms with Gasteiger partial charge in [0, 0.05) is 0 Å². The summed E-state index contributed by atoms with van der Waals surface area (Å²) in [6.07, 6.45) is 3.19. The summed E-state index contributed by atoms with van der Waals surface area (Å²) in [4.78, 5) is 0. The van der Waals surface area contributed by atoms with Crippen LogP contribution in [-0.4, -0.2) is 18.8 Å². The number of nitrogens with two attached hydrogens (primary N) is 1. The van der Waals surface area contributed by atoms with Crippen LogP contribution in [0.3, 0.4) is 0 Å². The maximum atomic E-state index is 9.91. The number of ether oxygens (including phenoxy) is 1. The van der Waals surface area contributed by atoms with Crippen molar-refractivity contribution in [1.82, 2.24) is 0 Å². The number of benzene rings is 1. The third kappa shape index (κ3) is 1.92. The molecular formula is C12H17NO2. The highest BCUT2D eigenvalue weighted by atomic mass is 16.5. The second-order valence-corrected chi connectivity index (χ2v) is 4.35. The van der Waals surface area contributed by atoms with Crippen molar-refractivity contribution in [3.05, 3.63) is 23.8 Å². The van der Waals surface area contributed by atoms with E-state index in [2.05, 4.69) is 0 Å². The maximum Gasteiger partial charge on any atom is 0.160 e. The first kappa shape index (κ1) is 10.3. The highest BCUT2D eigenvalue weighted by Gasteiger charge is 2.41. The van der Waals surface area contributed by atoms with E-state index in [0.29, 0.717) is 12.3 Å². The number of aromatic hydroxyl groups is 1. The van der Waals surface area contributed by atoms with E-state index in [9.17, 15) is 5.11 Å². The van der Waals surface area contributed by atoms with Crippen molar-refractivity contribution in [3.8, 4) is 11.5 Å². The lowest BCUT2D eigenvalue weighted by Gasteiger charge is -2.14. The highest BCUT2D eigenvalue weighted by molar-refractivity contribution is 5.46. The van der Waals surface area contributed by atoms with Gasteiger partial charge in [0.25, 0.3) is 0 Å². The fourth-order valence-corrected chi connectivity index (χ4v) is 1.91. The second kappa shape index (κ2) is 3.74. The molecule has 0 aliphatic heterocycles. The number of phenols is 1. The Bertz CT molecular complexity index is 359. The smallest absolute Gasteiger partial charge is 0.160 e. The van der Waals surface area contributed by atoms with Gasteiger partial charge in [0.1, 0.15) is 0 Å². The number of hydrogen-bond donors (Lipinski definition) is 2. The average molecular weight is 207 g/mol. The molecule has 0 aromatic heterocycles. The minimum Gasteiger partial charge on any atom is -0.504 e. The molecule has 0 saturated heterocycles. The molecule has 1 aliphatic carbocycles. The standard InChI is InChI=1S/C12H17NO2/c1-15-10-4-2-3-9(11(10)14)7-12(8-13)5-6-12/h2-4,14H,5-8,13H2,1H3. The fourth-order valence-electron chi connectivity index (χ4n) is 1.91. The minimum atomic E-state index is 0.240. The molecule has 0 spiro atoms. The first-order valence-electron chi connectivity index (χ1n) is 5.26. The van der Waals surface area contributed by atoms with Crippen molar-refractivity contribution in [2.75, 3.05) is 13.7 Å². The highest BCUT2D eigenvalue weighted by Crippen LogP contribution is 2.49. The summed E-state index contributed by atoms with van der Waals surface area (Å²) >= 11 is 0. The van der Waals surface area contributed by atoms with Gasteiger partial charge in [-0.2, -0.15) is 0 Å². The van der Waals surface area contributed by atoms with Crippen LogP contribution in [0.2, 0.25) is 0 Å². The lowest BCUT2D eigenvalue weighted by molar-refractivity contribution is 0.367. The molecule has 3 N–H and O–H groups in total. The van der Waals surface area contributed by atoms with Crippen molar-refractivity contribution >= 4 is 0 Å². The first-order valence-corrected chi connectivity index (χ1v) is 5.26. The Labute approximate surface area is 89.9 Å². The van der Waals surface area contributed by atoms with E-state index in [0.717, 1.165) is 12.0 Å². The minimum absolute atomic E-state index is 0.240. The largest absolute Gasteiger partial charge is 0.504 e. The van der Waals surface area contributed by atoms with Gasteiger partial charge in [0.2, 0.25) is 0 Å². The average Bonchev–Trinajstić information content (AvgIpc) is 3.02. The molecule has 1 aliphatic rings. The van der Waals surface area contributed by atoms with Gasteiger partial charge in [-0.15, -0.1) is 0 Å². The summed E-state index contributed by atoms with van der Waals surface area (Å²) in [6.45, 7) is 0.698. The van der Waals surface area contributed by atoms with Crippen LogP contribution in [0.4, 0.5) is 0 Å². The van der Waals surface area contributed by atoms with E-state index in [1.54, 1.807) is 13.2 Å². The van der Waals surface area contributed by atoms with Crippen LogP contribution in [0, 0.1) is 5.41 Å². The zero-order chi connectivity index (χ0) is 10.9. The van der Waals surface area contributed by atoms with Crippen molar-refractivity contribution in [2.24, 2.45) is 11.1 Å². The Kier molecular flexibility index (Phi) is 2.57.